The molecule has 1 aromatic heterocycles. The normalized spacial score (nSPS) is 10.2. The van der Waals surface area contributed by atoms with Gasteiger partial charge in [-0.1, -0.05) is 18.2 Å². The maximum absolute atomic E-state index is 12.0. The molecule has 0 fully saturated rings. The summed E-state index contributed by atoms with van der Waals surface area (Å²) in [4.78, 5) is 12.0. The van der Waals surface area contributed by atoms with Gasteiger partial charge < -0.3 is 9.15 Å². The maximum atomic E-state index is 12.0. The van der Waals surface area contributed by atoms with Gasteiger partial charge in [0.1, 0.15) is 11.5 Å². The Balaban J connectivity index is 2.22. The summed E-state index contributed by atoms with van der Waals surface area (Å²) in [6, 6.07) is 9.23. The largest absolute Gasteiger partial charge is 0.496 e. The molecule has 0 atom stereocenters. The fourth-order valence-corrected chi connectivity index (χ4v) is 1.79. The molecule has 0 N–H and O–H groups in total. The Kier molecular flexibility index (Phi) is 3.28. The molecule has 17 heavy (non-hydrogen) atoms. The Morgan fingerprint density at radius 3 is 2.71 bits per heavy atom. The highest BCUT2D eigenvalue weighted by atomic mass is 16.5. The van der Waals surface area contributed by atoms with Crippen molar-refractivity contribution >= 4 is 5.78 Å². The minimum Gasteiger partial charge on any atom is -0.496 e. The number of ether oxygens (including phenoxy) is 1. The monoisotopic (exact) mass is 230 g/mol. The highest BCUT2D eigenvalue weighted by molar-refractivity contribution is 5.98. The van der Waals surface area contributed by atoms with Crippen molar-refractivity contribution in [3.63, 3.8) is 0 Å². The molecule has 0 saturated carbocycles. The van der Waals surface area contributed by atoms with Gasteiger partial charge in [-0.3, -0.25) is 4.79 Å². The molecule has 0 spiro atoms. The van der Waals surface area contributed by atoms with E-state index in [-0.39, 0.29) is 5.78 Å². The van der Waals surface area contributed by atoms with Crippen molar-refractivity contribution < 1.29 is 13.9 Å². The summed E-state index contributed by atoms with van der Waals surface area (Å²) >= 11 is 0. The number of aryl methyl sites for hydroxylation is 1. The van der Waals surface area contributed by atoms with Crippen molar-refractivity contribution in [2.45, 2.75) is 13.3 Å². The third kappa shape index (κ3) is 2.38. The fourth-order valence-electron chi connectivity index (χ4n) is 1.79. The van der Waals surface area contributed by atoms with E-state index >= 15 is 0 Å². The second kappa shape index (κ2) is 4.87. The first-order valence-electron chi connectivity index (χ1n) is 5.41. The number of benzene rings is 1. The van der Waals surface area contributed by atoms with E-state index in [2.05, 4.69) is 0 Å². The van der Waals surface area contributed by atoms with Gasteiger partial charge in [-0.15, -0.1) is 0 Å². The third-order valence-corrected chi connectivity index (χ3v) is 2.70. The number of hydrogen-bond donors (Lipinski definition) is 0. The predicted octanol–water partition coefficient (Wildman–Crippen LogP) is 3.02. The quantitative estimate of drug-likeness (QED) is 0.758. The van der Waals surface area contributed by atoms with Crippen molar-refractivity contribution in [2.24, 2.45) is 0 Å². The summed E-state index contributed by atoms with van der Waals surface area (Å²) < 4.78 is 10.3. The lowest BCUT2D eigenvalue weighted by molar-refractivity contribution is 0.0990. The molecule has 0 saturated heterocycles. The number of Topliss-reactive ketones (excluding diaryl/α,β-unsaturated/α-hetero) is 1. The summed E-state index contributed by atoms with van der Waals surface area (Å²) in [5, 5.41) is 0. The Hall–Kier alpha value is -2.03. The van der Waals surface area contributed by atoms with Gasteiger partial charge in [-0.25, -0.2) is 0 Å². The average Bonchev–Trinajstić information content (AvgIpc) is 2.76. The smallest absolute Gasteiger partial charge is 0.170 e. The van der Waals surface area contributed by atoms with Crippen molar-refractivity contribution in [3.8, 4) is 5.75 Å². The first-order chi connectivity index (χ1) is 8.22. The number of carbonyl (C=O) groups excluding carboxylic acids is 1. The third-order valence-electron chi connectivity index (χ3n) is 2.70. The van der Waals surface area contributed by atoms with Gasteiger partial charge in [-0.2, -0.15) is 0 Å². The molecule has 0 radical (unpaired) electrons. The summed E-state index contributed by atoms with van der Waals surface area (Å²) in [7, 11) is 1.60. The number of para-hydroxylation sites is 1. The zero-order valence-electron chi connectivity index (χ0n) is 9.90. The first-order valence-corrected chi connectivity index (χ1v) is 5.41. The Labute approximate surface area is 100 Å². The molecule has 0 amide bonds. The van der Waals surface area contributed by atoms with Crippen molar-refractivity contribution in [2.75, 3.05) is 7.11 Å². The van der Waals surface area contributed by atoms with Crippen LogP contribution in [0.15, 0.2) is 41.0 Å². The van der Waals surface area contributed by atoms with E-state index < -0.39 is 0 Å². The van der Waals surface area contributed by atoms with Crippen LogP contribution in [0, 0.1) is 6.92 Å². The van der Waals surface area contributed by atoms with Crippen molar-refractivity contribution in [3.05, 3.63) is 53.5 Å². The lowest BCUT2D eigenvalue weighted by Gasteiger charge is -2.06. The molecule has 0 bridgehead atoms. The topological polar surface area (TPSA) is 39.4 Å². The molecule has 0 aliphatic rings. The molecule has 1 heterocycles. The molecule has 0 aliphatic carbocycles. The molecule has 88 valence electrons. The standard InChI is InChI=1S/C14H14O3/c1-10-12(7-8-17-10)13(15)9-11-5-3-4-6-14(11)16-2/h3-8H,9H2,1-2H3. The van der Waals surface area contributed by atoms with Crippen LogP contribution in [-0.2, 0) is 6.42 Å². The van der Waals surface area contributed by atoms with Gasteiger partial charge >= 0.3 is 0 Å². The number of furan rings is 1. The van der Waals surface area contributed by atoms with Gasteiger partial charge in [0.25, 0.3) is 0 Å². The summed E-state index contributed by atoms with van der Waals surface area (Å²) in [5.41, 5.74) is 1.52. The maximum Gasteiger partial charge on any atom is 0.170 e. The number of rotatable bonds is 4. The molecule has 3 nitrogen and oxygen atoms in total. The molecule has 1 aromatic carbocycles. The first kappa shape index (κ1) is 11.5. The molecule has 2 aromatic rings. The van der Waals surface area contributed by atoms with Crippen molar-refractivity contribution in [1.82, 2.24) is 0 Å². The van der Waals surface area contributed by atoms with Crippen LogP contribution in [0.2, 0.25) is 0 Å². The van der Waals surface area contributed by atoms with Gasteiger partial charge in [0.05, 0.1) is 18.9 Å². The van der Waals surface area contributed by atoms with Crippen LogP contribution in [0.3, 0.4) is 0 Å². The van der Waals surface area contributed by atoms with Crippen molar-refractivity contribution in [1.29, 1.82) is 0 Å². The second-order valence-electron chi connectivity index (χ2n) is 3.80. The zero-order valence-corrected chi connectivity index (χ0v) is 9.90. The SMILES string of the molecule is COc1ccccc1CC(=O)c1ccoc1C. The summed E-state index contributed by atoms with van der Waals surface area (Å²) in [5.74, 6) is 1.44. The lowest BCUT2D eigenvalue weighted by Crippen LogP contribution is -2.05. The molecule has 0 aliphatic heterocycles. The zero-order chi connectivity index (χ0) is 12.3. The Bertz CT molecular complexity index is 526. The van der Waals surface area contributed by atoms with Crippen LogP contribution in [0.1, 0.15) is 21.7 Å². The minimum atomic E-state index is 0.0424. The molecule has 2 rings (SSSR count). The van der Waals surface area contributed by atoms with E-state index in [1.54, 1.807) is 20.1 Å². The van der Waals surface area contributed by atoms with E-state index in [1.165, 1.54) is 6.26 Å². The molecular formula is C14H14O3. The second-order valence-corrected chi connectivity index (χ2v) is 3.80. The van der Waals surface area contributed by atoms with Crippen LogP contribution in [0.4, 0.5) is 0 Å². The lowest BCUT2D eigenvalue weighted by atomic mass is 10.0. The van der Waals surface area contributed by atoms with Crippen LogP contribution in [0.5, 0.6) is 5.75 Å². The van der Waals surface area contributed by atoms with Gasteiger partial charge in [0, 0.05) is 12.0 Å². The highest BCUT2D eigenvalue weighted by Gasteiger charge is 2.14. The number of methoxy groups -OCH3 is 1. The summed E-state index contributed by atoms with van der Waals surface area (Å²) in [6.45, 7) is 1.79. The van der Waals surface area contributed by atoms with E-state index in [4.69, 9.17) is 9.15 Å². The Morgan fingerprint density at radius 1 is 1.29 bits per heavy atom. The number of ketones is 1. The van der Waals surface area contributed by atoms with Crippen LogP contribution < -0.4 is 4.74 Å². The molecular weight excluding hydrogens is 216 g/mol. The molecule has 3 heteroatoms. The predicted molar refractivity (Wildman–Crippen MR) is 64.5 cm³/mol. The van der Waals surface area contributed by atoms with Crippen LogP contribution in [-0.4, -0.2) is 12.9 Å². The van der Waals surface area contributed by atoms with E-state index in [0.717, 1.165) is 11.3 Å². The van der Waals surface area contributed by atoms with Gasteiger partial charge in [-0.05, 0) is 19.1 Å². The van der Waals surface area contributed by atoms with E-state index in [1.807, 2.05) is 24.3 Å². The molecule has 0 unspecified atom stereocenters. The summed E-state index contributed by atoms with van der Waals surface area (Å²) in [6.07, 6.45) is 1.86. The van der Waals surface area contributed by atoms with Crippen LogP contribution >= 0.6 is 0 Å². The van der Waals surface area contributed by atoms with Gasteiger partial charge in [0.2, 0.25) is 0 Å². The average molecular weight is 230 g/mol. The number of hydrogen-bond acceptors (Lipinski definition) is 3. The van der Waals surface area contributed by atoms with Crippen LogP contribution in [0.25, 0.3) is 0 Å². The minimum absolute atomic E-state index is 0.0424. The van der Waals surface area contributed by atoms with Gasteiger partial charge in [0.15, 0.2) is 5.78 Å². The number of carbonyl (C=O) groups is 1. The van der Waals surface area contributed by atoms with E-state index in [9.17, 15) is 4.79 Å². The fraction of sp³-hybridized carbons (Fsp3) is 0.214. The highest BCUT2D eigenvalue weighted by Crippen LogP contribution is 2.20. The Morgan fingerprint density at radius 2 is 2.06 bits per heavy atom. The van der Waals surface area contributed by atoms with E-state index in [0.29, 0.717) is 17.7 Å².